The molecule has 1 aromatic rings. The number of hydrogen-bond donors (Lipinski definition) is 1. The molecular formula is C19H26N2O2. The van der Waals surface area contributed by atoms with Crippen molar-refractivity contribution in [2.75, 3.05) is 18.4 Å². The molecule has 124 valence electrons. The summed E-state index contributed by atoms with van der Waals surface area (Å²) in [5.74, 6) is 0.889. The van der Waals surface area contributed by atoms with E-state index in [1.54, 1.807) is 0 Å². The van der Waals surface area contributed by atoms with E-state index in [0.717, 1.165) is 49.1 Å². The van der Waals surface area contributed by atoms with Gasteiger partial charge in [0.2, 0.25) is 0 Å². The zero-order valence-corrected chi connectivity index (χ0v) is 13.9. The van der Waals surface area contributed by atoms with Crippen molar-refractivity contribution in [3.8, 4) is 0 Å². The van der Waals surface area contributed by atoms with Crippen LogP contribution in [0.3, 0.4) is 0 Å². The van der Waals surface area contributed by atoms with Crippen molar-refractivity contribution >= 4 is 11.8 Å². The summed E-state index contributed by atoms with van der Waals surface area (Å²) in [6, 6.07) is 8.82. The van der Waals surface area contributed by atoms with Crippen LogP contribution in [0.2, 0.25) is 0 Å². The molecule has 1 saturated heterocycles. The Morgan fingerprint density at radius 1 is 1.13 bits per heavy atom. The third-order valence-electron chi connectivity index (χ3n) is 6.05. The van der Waals surface area contributed by atoms with Crippen molar-refractivity contribution < 1.29 is 9.53 Å². The summed E-state index contributed by atoms with van der Waals surface area (Å²) in [6.07, 6.45) is 6.87. The molecule has 1 amide bonds. The van der Waals surface area contributed by atoms with Crippen LogP contribution in [0.15, 0.2) is 24.3 Å². The molecule has 1 N–H and O–H groups in total. The molecular weight excluding hydrogens is 288 g/mol. The number of carbonyl (C=O) groups excluding carboxylic acids is 1. The molecule has 1 spiro atoms. The average Bonchev–Trinajstić information content (AvgIpc) is 2.56. The largest absolute Gasteiger partial charge is 0.438 e. The Kier molecular flexibility index (Phi) is 3.80. The van der Waals surface area contributed by atoms with Crippen LogP contribution in [0.5, 0.6) is 0 Å². The molecule has 1 saturated carbocycles. The predicted molar refractivity (Wildman–Crippen MR) is 90.5 cm³/mol. The second kappa shape index (κ2) is 5.82. The number of likely N-dealkylation sites (tertiary alicyclic amines) is 1. The molecule has 4 nitrogen and oxygen atoms in total. The van der Waals surface area contributed by atoms with E-state index in [2.05, 4.69) is 23.2 Å². The lowest BCUT2D eigenvalue weighted by Gasteiger charge is -2.47. The lowest BCUT2D eigenvalue weighted by Crippen LogP contribution is -2.51. The highest BCUT2D eigenvalue weighted by Crippen LogP contribution is 2.44. The van der Waals surface area contributed by atoms with Gasteiger partial charge < -0.3 is 9.64 Å². The van der Waals surface area contributed by atoms with E-state index in [4.69, 9.17) is 4.74 Å². The molecule has 23 heavy (non-hydrogen) atoms. The van der Waals surface area contributed by atoms with Crippen LogP contribution in [-0.2, 0) is 10.3 Å². The Bertz CT molecular complexity index is 585. The third-order valence-corrected chi connectivity index (χ3v) is 6.05. The van der Waals surface area contributed by atoms with Crippen molar-refractivity contribution in [2.24, 2.45) is 5.92 Å². The fourth-order valence-electron chi connectivity index (χ4n) is 4.59. The summed E-state index contributed by atoms with van der Waals surface area (Å²) in [5, 5.41) is 2.84. The van der Waals surface area contributed by atoms with Gasteiger partial charge in [-0.15, -0.1) is 0 Å². The summed E-state index contributed by atoms with van der Waals surface area (Å²) in [5.41, 5.74) is 1.65. The van der Waals surface area contributed by atoms with Crippen LogP contribution in [-0.4, -0.2) is 30.1 Å². The van der Waals surface area contributed by atoms with Crippen molar-refractivity contribution in [3.63, 3.8) is 0 Å². The SMILES string of the molecule is CC1CCC(N2CCC3(CC2)OC(=O)Nc2ccccc23)CC1. The Labute approximate surface area is 138 Å². The average molecular weight is 314 g/mol. The molecule has 4 rings (SSSR count). The van der Waals surface area contributed by atoms with Crippen LogP contribution in [0.4, 0.5) is 10.5 Å². The van der Waals surface area contributed by atoms with Gasteiger partial charge in [-0.2, -0.15) is 0 Å². The number of para-hydroxylation sites is 1. The Hall–Kier alpha value is -1.55. The minimum Gasteiger partial charge on any atom is -0.438 e. The van der Waals surface area contributed by atoms with Crippen molar-refractivity contribution in [3.05, 3.63) is 29.8 Å². The summed E-state index contributed by atoms with van der Waals surface area (Å²) >= 11 is 0. The van der Waals surface area contributed by atoms with Gasteiger partial charge in [0.25, 0.3) is 0 Å². The molecule has 0 bridgehead atoms. The van der Waals surface area contributed by atoms with Gasteiger partial charge in [-0.05, 0) is 37.7 Å². The van der Waals surface area contributed by atoms with Gasteiger partial charge in [-0.1, -0.05) is 25.1 Å². The molecule has 2 heterocycles. The zero-order chi connectivity index (χ0) is 15.9. The predicted octanol–water partition coefficient (Wildman–Crippen LogP) is 4.12. The summed E-state index contributed by atoms with van der Waals surface area (Å²) < 4.78 is 5.82. The molecule has 4 heteroatoms. The van der Waals surface area contributed by atoms with E-state index in [1.165, 1.54) is 25.7 Å². The molecule has 2 aliphatic heterocycles. The second-order valence-electron chi connectivity index (χ2n) is 7.50. The van der Waals surface area contributed by atoms with Crippen molar-refractivity contribution in [1.29, 1.82) is 0 Å². The van der Waals surface area contributed by atoms with E-state index in [9.17, 15) is 4.79 Å². The maximum Gasteiger partial charge on any atom is 0.412 e. The van der Waals surface area contributed by atoms with Crippen LogP contribution < -0.4 is 5.32 Å². The molecule has 0 aromatic heterocycles. The number of amides is 1. The number of ether oxygens (including phenoxy) is 1. The van der Waals surface area contributed by atoms with Crippen LogP contribution in [0.25, 0.3) is 0 Å². The summed E-state index contributed by atoms with van der Waals surface area (Å²) in [4.78, 5) is 14.6. The zero-order valence-electron chi connectivity index (χ0n) is 13.9. The highest BCUT2D eigenvalue weighted by Gasteiger charge is 2.45. The number of fused-ring (bicyclic) bond motifs is 2. The molecule has 0 radical (unpaired) electrons. The van der Waals surface area contributed by atoms with E-state index < -0.39 is 5.60 Å². The van der Waals surface area contributed by atoms with Crippen LogP contribution in [0, 0.1) is 5.92 Å². The van der Waals surface area contributed by atoms with Gasteiger partial charge in [0.05, 0.1) is 5.69 Å². The number of nitrogens with zero attached hydrogens (tertiary/aromatic N) is 1. The monoisotopic (exact) mass is 314 g/mol. The van der Waals surface area contributed by atoms with Gasteiger partial charge in [-0.25, -0.2) is 4.79 Å². The van der Waals surface area contributed by atoms with Gasteiger partial charge in [0.1, 0.15) is 5.60 Å². The van der Waals surface area contributed by atoms with Crippen molar-refractivity contribution in [2.45, 2.75) is 57.1 Å². The van der Waals surface area contributed by atoms with Crippen LogP contribution >= 0.6 is 0 Å². The number of anilines is 1. The van der Waals surface area contributed by atoms with Gasteiger partial charge in [0, 0.05) is 37.5 Å². The van der Waals surface area contributed by atoms with Crippen molar-refractivity contribution in [1.82, 2.24) is 4.90 Å². The van der Waals surface area contributed by atoms with Gasteiger partial charge in [0.15, 0.2) is 0 Å². The maximum absolute atomic E-state index is 12.0. The molecule has 3 aliphatic rings. The smallest absolute Gasteiger partial charge is 0.412 e. The van der Waals surface area contributed by atoms with Crippen LogP contribution in [0.1, 0.15) is 51.0 Å². The van der Waals surface area contributed by atoms with E-state index in [1.807, 2.05) is 18.2 Å². The Balaban J connectivity index is 1.49. The molecule has 0 unspecified atom stereocenters. The molecule has 2 fully saturated rings. The fraction of sp³-hybridized carbons (Fsp3) is 0.632. The first-order valence-electron chi connectivity index (χ1n) is 9.00. The normalized spacial score (nSPS) is 30.4. The minimum absolute atomic E-state index is 0.302. The van der Waals surface area contributed by atoms with E-state index >= 15 is 0 Å². The fourth-order valence-corrected chi connectivity index (χ4v) is 4.59. The van der Waals surface area contributed by atoms with E-state index in [0.29, 0.717) is 0 Å². The maximum atomic E-state index is 12.0. The Morgan fingerprint density at radius 3 is 2.57 bits per heavy atom. The minimum atomic E-state index is -0.419. The van der Waals surface area contributed by atoms with E-state index in [-0.39, 0.29) is 6.09 Å². The van der Waals surface area contributed by atoms with Gasteiger partial charge in [-0.3, -0.25) is 5.32 Å². The number of piperidine rings is 1. The first-order valence-corrected chi connectivity index (χ1v) is 9.00. The summed E-state index contributed by atoms with van der Waals surface area (Å²) in [6.45, 7) is 4.42. The quantitative estimate of drug-likeness (QED) is 0.848. The number of benzene rings is 1. The number of hydrogen-bond acceptors (Lipinski definition) is 3. The standard InChI is InChI=1S/C19H26N2O2/c1-14-6-8-15(9-7-14)21-12-10-19(11-13-21)16-4-2-3-5-17(16)20-18(22)23-19/h2-5,14-15H,6-13H2,1H3,(H,20,22). The first-order chi connectivity index (χ1) is 11.2. The number of rotatable bonds is 1. The highest BCUT2D eigenvalue weighted by molar-refractivity contribution is 5.88. The molecule has 0 atom stereocenters. The summed E-state index contributed by atoms with van der Waals surface area (Å²) in [7, 11) is 0. The second-order valence-corrected chi connectivity index (χ2v) is 7.50. The highest BCUT2D eigenvalue weighted by atomic mass is 16.6. The lowest BCUT2D eigenvalue weighted by atomic mass is 9.80. The lowest BCUT2D eigenvalue weighted by molar-refractivity contribution is -0.0495. The Morgan fingerprint density at radius 2 is 1.83 bits per heavy atom. The number of carbonyl (C=O) groups is 1. The third kappa shape index (κ3) is 2.74. The number of nitrogens with one attached hydrogen (secondary N) is 1. The van der Waals surface area contributed by atoms with Gasteiger partial charge >= 0.3 is 6.09 Å². The molecule has 1 aliphatic carbocycles. The first kappa shape index (κ1) is 15.0. The topological polar surface area (TPSA) is 41.6 Å². The molecule has 1 aromatic carbocycles.